The minimum absolute atomic E-state index is 0.425. The number of rotatable bonds is 13. The van der Waals surface area contributed by atoms with E-state index in [1.165, 1.54) is 0 Å². The topological polar surface area (TPSA) is 93.1 Å². The number of carboxylic acids is 2. The third kappa shape index (κ3) is 8.78. The monoisotopic (exact) mass is 358 g/mol. The van der Waals surface area contributed by atoms with Crippen LogP contribution in [-0.2, 0) is 19.1 Å². The number of hydrogen-bond acceptors (Lipinski definition) is 4. The van der Waals surface area contributed by atoms with Crippen molar-refractivity contribution in [3.8, 4) is 0 Å². The van der Waals surface area contributed by atoms with Crippen LogP contribution < -0.4 is 0 Å². The van der Waals surface area contributed by atoms with Crippen LogP contribution in [0.15, 0.2) is 0 Å². The average molecular weight is 359 g/mol. The van der Waals surface area contributed by atoms with Gasteiger partial charge in [0, 0.05) is 0 Å². The fraction of sp³-hybridized carbons (Fsp3) is 0.857. The SMILES string of the molecule is CCCCC(Cl)OC(C(=O)O)C(OC(Cl)CCCC)C(=O)O. The Balaban J connectivity index is 4.80. The highest BCUT2D eigenvalue weighted by Crippen LogP contribution is 2.19. The second-order valence-corrected chi connectivity index (χ2v) is 5.87. The second kappa shape index (κ2) is 11.9. The number of unbranched alkanes of at least 4 members (excludes halogenated alkanes) is 2. The molecule has 0 saturated carbocycles. The lowest BCUT2D eigenvalue weighted by atomic mass is 10.2. The van der Waals surface area contributed by atoms with E-state index in [-0.39, 0.29) is 0 Å². The number of carbonyl (C=O) groups is 2. The Hall–Kier alpha value is -0.560. The minimum atomic E-state index is -1.71. The van der Waals surface area contributed by atoms with Gasteiger partial charge in [-0.1, -0.05) is 49.9 Å². The Labute approximate surface area is 140 Å². The van der Waals surface area contributed by atoms with Crippen LogP contribution >= 0.6 is 23.2 Å². The lowest BCUT2D eigenvalue weighted by Crippen LogP contribution is -2.46. The summed E-state index contributed by atoms with van der Waals surface area (Å²) in [6, 6.07) is 0. The van der Waals surface area contributed by atoms with Crippen molar-refractivity contribution in [3.05, 3.63) is 0 Å². The van der Waals surface area contributed by atoms with Gasteiger partial charge in [0.1, 0.15) is 11.1 Å². The van der Waals surface area contributed by atoms with Gasteiger partial charge in [0.05, 0.1) is 0 Å². The van der Waals surface area contributed by atoms with Crippen molar-refractivity contribution < 1.29 is 29.3 Å². The zero-order chi connectivity index (χ0) is 17.1. The van der Waals surface area contributed by atoms with E-state index in [1.54, 1.807) is 0 Å². The first-order valence-electron chi connectivity index (χ1n) is 7.38. The normalized spacial score (nSPS) is 16.7. The van der Waals surface area contributed by atoms with Gasteiger partial charge in [-0.3, -0.25) is 0 Å². The molecule has 0 rings (SSSR count). The van der Waals surface area contributed by atoms with E-state index in [4.69, 9.17) is 32.7 Å². The summed E-state index contributed by atoms with van der Waals surface area (Å²) in [4.78, 5) is 22.6. The van der Waals surface area contributed by atoms with E-state index in [1.807, 2.05) is 13.8 Å². The predicted octanol–water partition coefficient (Wildman–Crippen LogP) is 3.44. The smallest absolute Gasteiger partial charge is 0.336 e. The molecule has 4 unspecified atom stereocenters. The molecule has 0 aromatic heterocycles. The Morgan fingerprint density at radius 1 is 0.864 bits per heavy atom. The van der Waals surface area contributed by atoms with E-state index in [9.17, 15) is 19.8 Å². The van der Waals surface area contributed by atoms with Gasteiger partial charge in [-0.05, 0) is 25.7 Å². The fourth-order valence-electron chi connectivity index (χ4n) is 1.70. The lowest BCUT2D eigenvalue weighted by molar-refractivity contribution is -0.180. The first-order valence-corrected chi connectivity index (χ1v) is 8.25. The minimum Gasteiger partial charge on any atom is -0.479 e. The summed E-state index contributed by atoms with van der Waals surface area (Å²) < 4.78 is 10.3. The predicted molar refractivity (Wildman–Crippen MR) is 83.3 cm³/mol. The molecule has 0 aliphatic rings. The fourth-order valence-corrected chi connectivity index (χ4v) is 2.23. The Morgan fingerprint density at radius 3 is 1.41 bits per heavy atom. The van der Waals surface area contributed by atoms with E-state index in [0.29, 0.717) is 12.8 Å². The Bertz CT molecular complexity index is 307. The summed E-state index contributed by atoms with van der Waals surface area (Å²) in [5.74, 6) is -2.90. The number of alkyl halides is 2. The lowest BCUT2D eigenvalue weighted by Gasteiger charge is -2.25. The maximum Gasteiger partial charge on any atom is 0.336 e. The molecule has 0 fully saturated rings. The van der Waals surface area contributed by atoms with Gasteiger partial charge in [-0.2, -0.15) is 0 Å². The molecule has 6 nitrogen and oxygen atoms in total. The highest BCUT2D eigenvalue weighted by atomic mass is 35.5. The molecule has 0 spiro atoms. The number of carboxylic acid groups (broad SMARTS) is 2. The zero-order valence-corrected chi connectivity index (χ0v) is 14.3. The number of ether oxygens (including phenoxy) is 2. The van der Waals surface area contributed by atoms with Gasteiger partial charge in [0.15, 0.2) is 12.2 Å². The first-order chi connectivity index (χ1) is 10.3. The van der Waals surface area contributed by atoms with Gasteiger partial charge >= 0.3 is 11.9 Å². The summed E-state index contributed by atoms with van der Waals surface area (Å²) in [5.41, 5.74) is -1.79. The van der Waals surface area contributed by atoms with Crippen molar-refractivity contribution in [3.63, 3.8) is 0 Å². The van der Waals surface area contributed by atoms with Crippen molar-refractivity contribution in [2.75, 3.05) is 0 Å². The molecule has 0 amide bonds. The molecule has 0 bridgehead atoms. The average Bonchev–Trinajstić information content (AvgIpc) is 2.45. The summed E-state index contributed by atoms with van der Waals surface area (Å²) in [7, 11) is 0. The number of aliphatic carboxylic acids is 2. The third-order valence-electron chi connectivity index (χ3n) is 2.92. The summed E-state index contributed by atoms with van der Waals surface area (Å²) in [6.07, 6.45) is 0.650. The van der Waals surface area contributed by atoms with Gasteiger partial charge < -0.3 is 19.7 Å². The maximum absolute atomic E-state index is 11.3. The van der Waals surface area contributed by atoms with Crippen LogP contribution in [0.5, 0.6) is 0 Å². The van der Waals surface area contributed by atoms with Gasteiger partial charge in [-0.25, -0.2) is 9.59 Å². The van der Waals surface area contributed by atoms with Crippen LogP contribution in [0.2, 0.25) is 0 Å². The Kier molecular flexibility index (Phi) is 11.6. The molecule has 4 atom stereocenters. The molecule has 0 saturated heterocycles. The van der Waals surface area contributed by atoms with Crippen LogP contribution in [0, 0.1) is 0 Å². The summed E-state index contributed by atoms with van der Waals surface area (Å²) in [6.45, 7) is 3.90. The van der Waals surface area contributed by atoms with E-state index in [0.717, 1.165) is 25.7 Å². The van der Waals surface area contributed by atoms with Crippen molar-refractivity contribution in [2.45, 2.75) is 75.7 Å². The van der Waals surface area contributed by atoms with Gasteiger partial charge in [0.2, 0.25) is 0 Å². The zero-order valence-electron chi connectivity index (χ0n) is 12.8. The number of halogens is 2. The molecule has 2 N–H and O–H groups in total. The third-order valence-corrected chi connectivity index (χ3v) is 3.56. The largest absolute Gasteiger partial charge is 0.479 e. The molecular formula is C14H24Cl2O6. The summed E-state index contributed by atoms with van der Waals surface area (Å²) >= 11 is 11.8. The molecule has 0 radical (unpaired) electrons. The van der Waals surface area contributed by atoms with Crippen molar-refractivity contribution in [2.24, 2.45) is 0 Å². The number of hydrogen-bond donors (Lipinski definition) is 2. The molecule has 0 aliphatic heterocycles. The molecule has 22 heavy (non-hydrogen) atoms. The van der Waals surface area contributed by atoms with Crippen molar-refractivity contribution >= 4 is 35.1 Å². The van der Waals surface area contributed by atoms with Crippen LogP contribution in [-0.4, -0.2) is 45.5 Å². The highest BCUT2D eigenvalue weighted by molar-refractivity contribution is 6.20. The Morgan fingerprint density at radius 2 is 1.18 bits per heavy atom. The molecule has 0 aromatic rings. The van der Waals surface area contributed by atoms with Crippen molar-refractivity contribution in [1.29, 1.82) is 0 Å². The van der Waals surface area contributed by atoms with Crippen LogP contribution in [0.4, 0.5) is 0 Å². The molecule has 8 heteroatoms. The highest BCUT2D eigenvalue weighted by Gasteiger charge is 2.38. The van der Waals surface area contributed by atoms with Crippen LogP contribution in [0.3, 0.4) is 0 Å². The first kappa shape index (κ1) is 21.4. The molecule has 0 heterocycles. The standard InChI is InChI=1S/C14H24Cl2O6/c1-3-5-7-9(15)21-11(13(17)18)12(14(19)20)22-10(16)8-6-4-2/h9-12H,3-8H2,1-2H3,(H,17,18)(H,19,20). The maximum atomic E-state index is 11.3. The van der Waals surface area contributed by atoms with Crippen LogP contribution in [0.1, 0.15) is 52.4 Å². The van der Waals surface area contributed by atoms with Gasteiger partial charge in [0.25, 0.3) is 0 Å². The van der Waals surface area contributed by atoms with Crippen molar-refractivity contribution in [1.82, 2.24) is 0 Å². The molecule has 0 aliphatic carbocycles. The molecule has 0 aromatic carbocycles. The van der Waals surface area contributed by atoms with Gasteiger partial charge in [-0.15, -0.1) is 0 Å². The quantitative estimate of drug-likeness (QED) is 0.490. The second-order valence-electron chi connectivity index (χ2n) is 4.89. The molecular weight excluding hydrogens is 335 g/mol. The van der Waals surface area contributed by atoms with Crippen LogP contribution in [0.25, 0.3) is 0 Å². The van der Waals surface area contributed by atoms with E-state index < -0.39 is 35.3 Å². The summed E-state index contributed by atoms with van der Waals surface area (Å²) in [5, 5.41) is 18.4. The molecule has 130 valence electrons. The van der Waals surface area contributed by atoms with E-state index >= 15 is 0 Å². The van der Waals surface area contributed by atoms with E-state index in [2.05, 4.69) is 0 Å².